The first-order chi connectivity index (χ1) is 15.8. The third-order valence-corrected chi connectivity index (χ3v) is 7.43. The van der Waals surface area contributed by atoms with Crippen LogP contribution in [0.15, 0.2) is 72.4 Å². The van der Waals surface area contributed by atoms with Crippen LogP contribution in [0.25, 0.3) is 0 Å². The van der Waals surface area contributed by atoms with Crippen molar-refractivity contribution in [2.24, 2.45) is 0 Å². The van der Waals surface area contributed by atoms with Crippen LogP contribution in [0.2, 0.25) is 0 Å². The minimum absolute atomic E-state index is 0.0356. The molecule has 0 spiro atoms. The fourth-order valence-electron chi connectivity index (χ4n) is 3.87. The quantitative estimate of drug-likeness (QED) is 0.450. The molecule has 0 saturated carbocycles. The van der Waals surface area contributed by atoms with Gasteiger partial charge in [-0.05, 0) is 31.6 Å². The summed E-state index contributed by atoms with van der Waals surface area (Å²) in [7, 11) is 0.751. The molecular weight excluding hydrogens is 436 g/mol. The first kappa shape index (κ1) is 24.5. The number of nitrogens with zero attached hydrogens (tertiary/aromatic N) is 3. The van der Waals surface area contributed by atoms with Crippen molar-refractivity contribution in [3.05, 3.63) is 83.6 Å². The van der Waals surface area contributed by atoms with Gasteiger partial charge in [-0.15, -0.1) is 0 Å². The van der Waals surface area contributed by atoms with Crippen LogP contribution in [-0.4, -0.2) is 68.9 Å². The number of nitriles is 1. The topological polar surface area (TPSA) is 93.5 Å². The van der Waals surface area contributed by atoms with Crippen molar-refractivity contribution in [1.29, 1.82) is 5.26 Å². The number of hydrogen-bond acceptors (Lipinski definition) is 6. The van der Waals surface area contributed by atoms with Crippen LogP contribution in [0, 0.1) is 11.3 Å². The number of sulfone groups is 1. The number of benzene rings is 2. The van der Waals surface area contributed by atoms with Gasteiger partial charge in [0, 0.05) is 25.3 Å². The summed E-state index contributed by atoms with van der Waals surface area (Å²) in [5.41, 5.74) is 1.76. The maximum Gasteiger partial charge on any atom is 0.264 e. The molecule has 0 bridgehead atoms. The third kappa shape index (κ3) is 6.91. The van der Waals surface area contributed by atoms with E-state index in [4.69, 9.17) is 0 Å². The normalized spacial score (nSPS) is 17.7. The molecule has 8 heteroatoms. The Bertz CT molecular complexity index is 1070. The van der Waals surface area contributed by atoms with Gasteiger partial charge < -0.3 is 15.1 Å². The zero-order chi connectivity index (χ0) is 23.8. The Morgan fingerprint density at radius 2 is 1.67 bits per heavy atom. The van der Waals surface area contributed by atoms with Gasteiger partial charge >= 0.3 is 0 Å². The van der Waals surface area contributed by atoms with E-state index in [1.807, 2.05) is 90.6 Å². The van der Waals surface area contributed by atoms with E-state index in [2.05, 4.69) is 5.32 Å². The van der Waals surface area contributed by atoms with Gasteiger partial charge in [-0.2, -0.15) is 5.26 Å². The fraction of sp³-hybridized carbons (Fsp3) is 0.360. The van der Waals surface area contributed by atoms with Crippen molar-refractivity contribution in [2.75, 3.05) is 38.7 Å². The molecule has 2 aromatic carbocycles. The van der Waals surface area contributed by atoms with Crippen LogP contribution >= 0.6 is 0 Å². The fourth-order valence-corrected chi connectivity index (χ4v) is 5.61. The van der Waals surface area contributed by atoms with E-state index in [0.29, 0.717) is 19.5 Å². The molecule has 1 aliphatic rings. The van der Waals surface area contributed by atoms with Crippen LogP contribution < -0.4 is 5.32 Å². The number of nitrogens with one attached hydrogen (secondary N) is 1. The van der Waals surface area contributed by atoms with Gasteiger partial charge in [0.1, 0.15) is 11.6 Å². The van der Waals surface area contributed by atoms with Crippen molar-refractivity contribution in [1.82, 2.24) is 15.1 Å². The van der Waals surface area contributed by atoms with Gasteiger partial charge in [0.05, 0.1) is 17.5 Å². The Labute approximate surface area is 196 Å². The lowest BCUT2D eigenvalue weighted by atomic mass is 9.98. The summed E-state index contributed by atoms with van der Waals surface area (Å²) in [6, 6.07) is 20.5. The predicted molar refractivity (Wildman–Crippen MR) is 129 cm³/mol. The molecule has 0 aromatic heterocycles. The number of amides is 1. The van der Waals surface area contributed by atoms with E-state index < -0.39 is 21.8 Å². The molecule has 1 atom stereocenters. The molecule has 1 heterocycles. The van der Waals surface area contributed by atoms with E-state index in [-0.39, 0.29) is 23.1 Å². The van der Waals surface area contributed by atoms with Crippen molar-refractivity contribution in [3.63, 3.8) is 0 Å². The molecule has 1 fully saturated rings. The Hall–Kier alpha value is -3.15. The maximum atomic E-state index is 13.2. The molecule has 1 amide bonds. The molecule has 1 saturated heterocycles. The first-order valence-electron chi connectivity index (χ1n) is 10.9. The van der Waals surface area contributed by atoms with Gasteiger partial charge in [-0.1, -0.05) is 60.7 Å². The number of carbonyl (C=O) groups is 1. The number of carbonyl (C=O) groups excluding carboxylic acids is 1. The monoisotopic (exact) mass is 466 g/mol. The van der Waals surface area contributed by atoms with Crippen LogP contribution in [-0.2, 0) is 14.6 Å². The standard InChI is InChI=1S/C25H30N4O3S/c1-28(2)14-15-29(23-13-16-33(31,32)19-23)18-22(17-26)25(30)27-24(20-9-5-3-6-10-20)21-11-7-4-8-12-21/h3-12,18,23-24H,13-16,19H2,1-2H3,(H,27,30)/b22-18-. The first-order valence-corrected chi connectivity index (χ1v) is 12.7. The van der Waals surface area contributed by atoms with Gasteiger partial charge in [-0.3, -0.25) is 4.79 Å². The highest BCUT2D eigenvalue weighted by molar-refractivity contribution is 7.91. The number of hydrogen-bond donors (Lipinski definition) is 1. The lowest BCUT2D eigenvalue weighted by Gasteiger charge is -2.28. The van der Waals surface area contributed by atoms with E-state index in [9.17, 15) is 18.5 Å². The number of rotatable bonds is 9. The predicted octanol–water partition coefficient (Wildman–Crippen LogP) is 2.35. The Morgan fingerprint density at radius 3 is 2.12 bits per heavy atom. The lowest BCUT2D eigenvalue weighted by molar-refractivity contribution is -0.117. The summed E-state index contributed by atoms with van der Waals surface area (Å²) in [5, 5.41) is 12.8. The van der Waals surface area contributed by atoms with E-state index in [1.165, 1.54) is 6.20 Å². The highest BCUT2D eigenvalue weighted by Gasteiger charge is 2.32. The van der Waals surface area contributed by atoms with Crippen molar-refractivity contribution < 1.29 is 13.2 Å². The molecule has 33 heavy (non-hydrogen) atoms. The largest absolute Gasteiger partial charge is 0.371 e. The molecular formula is C25H30N4O3S. The molecule has 174 valence electrons. The third-order valence-electron chi connectivity index (χ3n) is 5.68. The minimum Gasteiger partial charge on any atom is -0.371 e. The molecule has 0 radical (unpaired) electrons. The average Bonchev–Trinajstić information content (AvgIpc) is 3.18. The van der Waals surface area contributed by atoms with Gasteiger partial charge in [0.15, 0.2) is 9.84 Å². The van der Waals surface area contributed by atoms with Crippen molar-refractivity contribution in [3.8, 4) is 6.07 Å². The SMILES string of the molecule is CN(C)CCN(/C=C(/C#N)C(=O)NC(c1ccccc1)c1ccccc1)C1CCS(=O)(=O)C1. The summed E-state index contributed by atoms with van der Waals surface area (Å²) in [4.78, 5) is 17.0. The molecule has 2 aromatic rings. The van der Waals surface area contributed by atoms with E-state index in [0.717, 1.165) is 11.1 Å². The lowest BCUT2D eigenvalue weighted by Crippen LogP contribution is -2.38. The Kier molecular flexibility index (Phi) is 8.26. The summed E-state index contributed by atoms with van der Waals surface area (Å²) in [5.74, 6) is -0.332. The highest BCUT2D eigenvalue weighted by Crippen LogP contribution is 2.23. The van der Waals surface area contributed by atoms with Gasteiger partial charge in [0.2, 0.25) is 0 Å². The second-order valence-corrected chi connectivity index (χ2v) is 10.7. The molecule has 7 nitrogen and oxygen atoms in total. The smallest absolute Gasteiger partial charge is 0.264 e. The number of likely N-dealkylation sites (N-methyl/N-ethyl adjacent to an activating group) is 1. The molecule has 0 aliphatic carbocycles. The highest BCUT2D eigenvalue weighted by atomic mass is 32.2. The summed E-state index contributed by atoms with van der Waals surface area (Å²) in [6.45, 7) is 1.19. The average molecular weight is 467 g/mol. The zero-order valence-corrected chi connectivity index (χ0v) is 19.8. The minimum atomic E-state index is -3.10. The second kappa shape index (κ2) is 11.1. The van der Waals surface area contributed by atoms with Gasteiger partial charge in [0.25, 0.3) is 5.91 Å². The van der Waals surface area contributed by atoms with Crippen LogP contribution in [0.3, 0.4) is 0 Å². The van der Waals surface area contributed by atoms with Crippen molar-refractivity contribution >= 4 is 15.7 Å². The maximum absolute atomic E-state index is 13.2. The summed E-state index contributed by atoms with van der Waals surface area (Å²) in [6.07, 6.45) is 2.01. The summed E-state index contributed by atoms with van der Waals surface area (Å²) < 4.78 is 24.1. The van der Waals surface area contributed by atoms with E-state index in [1.54, 1.807) is 0 Å². The van der Waals surface area contributed by atoms with Crippen LogP contribution in [0.1, 0.15) is 23.6 Å². The Morgan fingerprint density at radius 1 is 1.09 bits per heavy atom. The van der Waals surface area contributed by atoms with Gasteiger partial charge in [-0.25, -0.2) is 8.42 Å². The molecule has 1 aliphatic heterocycles. The summed E-state index contributed by atoms with van der Waals surface area (Å²) >= 11 is 0. The molecule has 3 rings (SSSR count). The van der Waals surface area contributed by atoms with E-state index >= 15 is 0 Å². The van der Waals surface area contributed by atoms with Crippen molar-refractivity contribution in [2.45, 2.75) is 18.5 Å². The molecule has 1 N–H and O–H groups in total. The van der Waals surface area contributed by atoms with Crippen LogP contribution in [0.5, 0.6) is 0 Å². The van der Waals surface area contributed by atoms with Crippen LogP contribution in [0.4, 0.5) is 0 Å². The Balaban J connectivity index is 1.87. The zero-order valence-electron chi connectivity index (χ0n) is 19.0. The second-order valence-electron chi connectivity index (χ2n) is 8.48. The molecule has 1 unspecified atom stereocenters.